The lowest BCUT2D eigenvalue weighted by Gasteiger charge is -2.11. The van der Waals surface area contributed by atoms with Gasteiger partial charge in [-0.25, -0.2) is 4.79 Å². The van der Waals surface area contributed by atoms with E-state index in [-0.39, 0.29) is 23.8 Å². The van der Waals surface area contributed by atoms with Gasteiger partial charge < -0.3 is 19.5 Å². The number of Topliss-reactive ketones (excluding diaryl/α,β-unsaturated/α-hetero) is 1. The molecule has 0 saturated heterocycles. The first-order chi connectivity index (χ1) is 15.0. The number of esters is 1. The van der Waals surface area contributed by atoms with E-state index < -0.39 is 18.5 Å². The predicted octanol–water partition coefficient (Wildman–Crippen LogP) is 4.08. The summed E-state index contributed by atoms with van der Waals surface area (Å²) in [5, 5.41) is 2.59. The van der Waals surface area contributed by atoms with Crippen molar-refractivity contribution in [3.05, 3.63) is 77.9 Å². The second-order valence-electron chi connectivity index (χ2n) is 6.87. The van der Waals surface area contributed by atoms with Crippen molar-refractivity contribution < 1.29 is 28.6 Å². The summed E-state index contributed by atoms with van der Waals surface area (Å²) in [4.78, 5) is 36.5. The van der Waals surface area contributed by atoms with Crippen molar-refractivity contribution in [3.63, 3.8) is 0 Å². The number of benzene rings is 3. The number of amides is 1. The molecule has 1 aliphatic rings. The van der Waals surface area contributed by atoms with Crippen LogP contribution in [-0.4, -0.2) is 31.1 Å². The molecule has 31 heavy (non-hydrogen) atoms. The Morgan fingerprint density at radius 1 is 0.903 bits per heavy atom. The Labute approximate surface area is 178 Å². The van der Waals surface area contributed by atoms with Gasteiger partial charge in [0.15, 0.2) is 23.9 Å². The van der Waals surface area contributed by atoms with Crippen molar-refractivity contribution in [2.75, 3.05) is 18.7 Å². The molecular weight excluding hydrogens is 398 g/mol. The van der Waals surface area contributed by atoms with Crippen LogP contribution in [0.1, 0.15) is 27.6 Å². The van der Waals surface area contributed by atoms with E-state index in [0.29, 0.717) is 17.1 Å². The summed E-state index contributed by atoms with van der Waals surface area (Å²) in [6.45, 7) is 0.933. The van der Waals surface area contributed by atoms with Crippen molar-refractivity contribution in [3.8, 4) is 22.6 Å². The molecule has 0 saturated carbocycles. The number of fused-ring (bicyclic) bond motifs is 1. The van der Waals surface area contributed by atoms with Gasteiger partial charge in [-0.05, 0) is 36.2 Å². The van der Waals surface area contributed by atoms with Gasteiger partial charge in [0.05, 0.1) is 11.3 Å². The van der Waals surface area contributed by atoms with Gasteiger partial charge in [-0.2, -0.15) is 0 Å². The minimum atomic E-state index is -0.618. The molecule has 7 heteroatoms. The van der Waals surface area contributed by atoms with Gasteiger partial charge in [-0.3, -0.25) is 9.59 Å². The zero-order chi connectivity index (χ0) is 21.8. The van der Waals surface area contributed by atoms with Crippen molar-refractivity contribution in [1.82, 2.24) is 0 Å². The summed E-state index contributed by atoms with van der Waals surface area (Å²) >= 11 is 0. The SMILES string of the molecule is CC(=O)c1cc2c(cc1NC(=O)COC(=O)c1ccc(-c3ccccc3)cc1)OCO2. The molecule has 0 bridgehead atoms. The molecule has 3 aromatic carbocycles. The molecule has 0 aromatic heterocycles. The molecule has 3 aromatic rings. The third-order valence-electron chi connectivity index (χ3n) is 4.73. The molecule has 1 heterocycles. The topological polar surface area (TPSA) is 90.9 Å². The highest BCUT2D eigenvalue weighted by atomic mass is 16.7. The molecule has 1 aliphatic heterocycles. The van der Waals surface area contributed by atoms with Gasteiger partial charge in [0.2, 0.25) is 6.79 Å². The molecule has 7 nitrogen and oxygen atoms in total. The Hall–Kier alpha value is -4.13. The fourth-order valence-electron chi connectivity index (χ4n) is 3.17. The molecule has 0 atom stereocenters. The second-order valence-corrected chi connectivity index (χ2v) is 6.87. The minimum absolute atomic E-state index is 0.0464. The quantitative estimate of drug-likeness (QED) is 0.480. The number of ether oxygens (including phenoxy) is 3. The summed E-state index contributed by atoms with van der Waals surface area (Å²) in [6, 6.07) is 19.7. The lowest BCUT2D eigenvalue weighted by atomic mass is 10.0. The lowest BCUT2D eigenvalue weighted by molar-refractivity contribution is -0.119. The zero-order valence-electron chi connectivity index (χ0n) is 16.7. The average Bonchev–Trinajstić information content (AvgIpc) is 3.25. The highest BCUT2D eigenvalue weighted by molar-refractivity contribution is 6.05. The van der Waals surface area contributed by atoms with Gasteiger partial charge >= 0.3 is 5.97 Å². The first-order valence-corrected chi connectivity index (χ1v) is 9.58. The third kappa shape index (κ3) is 4.56. The normalized spacial score (nSPS) is 11.6. The Kier molecular flexibility index (Phi) is 5.66. The van der Waals surface area contributed by atoms with Gasteiger partial charge in [0.1, 0.15) is 0 Å². The molecule has 0 fully saturated rings. The molecule has 0 unspecified atom stereocenters. The fourth-order valence-corrected chi connectivity index (χ4v) is 3.17. The molecule has 0 radical (unpaired) electrons. The average molecular weight is 417 g/mol. The van der Waals surface area contributed by atoms with E-state index >= 15 is 0 Å². The molecule has 4 rings (SSSR count). The highest BCUT2D eigenvalue weighted by Crippen LogP contribution is 2.37. The number of carbonyl (C=O) groups excluding carboxylic acids is 3. The molecule has 1 amide bonds. The van der Waals surface area contributed by atoms with Crippen LogP contribution in [0.25, 0.3) is 11.1 Å². The summed E-state index contributed by atoms with van der Waals surface area (Å²) in [5.41, 5.74) is 2.88. The highest BCUT2D eigenvalue weighted by Gasteiger charge is 2.21. The first-order valence-electron chi connectivity index (χ1n) is 9.58. The smallest absolute Gasteiger partial charge is 0.338 e. The number of carbonyl (C=O) groups is 3. The number of hydrogen-bond donors (Lipinski definition) is 1. The van der Waals surface area contributed by atoms with Crippen molar-refractivity contribution >= 4 is 23.3 Å². The molecule has 0 aliphatic carbocycles. The Bertz CT molecular complexity index is 1140. The minimum Gasteiger partial charge on any atom is -0.454 e. The van der Waals surface area contributed by atoms with Gasteiger partial charge in [0.25, 0.3) is 5.91 Å². The van der Waals surface area contributed by atoms with Crippen LogP contribution in [0, 0.1) is 0 Å². The van der Waals surface area contributed by atoms with E-state index in [2.05, 4.69) is 5.32 Å². The van der Waals surface area contributed by atoms with Gasteiger partial charge in [-0.1, -0.05) is 42.5 Å². The van der Waals surface area contributed by atoms with Crippen LogP contribution in [0.2, 0.25) is 0 Å². The zero-order valence-corrected chi connectivity index (χ0v) is 16.7. The standard InChI is InChI=1S/C24H19NO6/c1-15(26)19-11-21-22(31-14-30-21)12-20(19)25-23(27)13-29-24(28)18-9-7-17(8-10-18)16-5-3-2-4-6-16/h2-12H,13-14H2,1H3,(H,25,27). The van der Waals surface area contributed by atoms with E-state index in [9.17, 15) is 14.4 Å². The van der Waals surface area contributed by atoms with Crippen LogP contribution in [0.15, 0.2) is 66.7 Å². The number of nitrogens with one attached hydrogen (secondary N) is 1. The summed E-state index contributed by atoms with van der Waals surface area (Å²) in [7, 11) is 0. The summed E-state index contributed by atoms with van der Waals surface area (Å²) in [5.74, 6) is -0.573. The second kappa shape index (κ2) is 8.71. The lowest BCUT2D eigenvalue weighted by Crippen LogP contribution is -2.22. The van der Waals surface area contributed by atoms with E-state index in [1.807, 2.05) is 42.5 Å². The molecule has 0 spiro atoms. The van der Waals surface area contributed by atoms with Crippen LogP contribution < -0.4 is 14.8 Å². The maximum atomic E-state index is 12.3. The van der Waals surface area contributed by atoms with Crippen molar-refractivity contribution in [2.24, 2.45) is 0 Å². The number of rotatable bonds is 6. The molecule has 1 N–H and O–H groups in total. The monoisotopic (exact) mass is 417 g/mol. The Morgan fingerprint density at radius 2 is 1.55 bits per heavy atom. The third-order valence-corrected chi connectivity index (χ3v) is 4.73. The molecular formula is C24H19NO6. The van der Waals surface area contributed by atoms with Crippen LogP contribution in [0.5, 0.6) is 11.5 Å². The van der Waals surface area contributed by atoms with Crippen molar-refractivity contribution in [2.45, 2.75) is 6.92 Å². The largest absolute Gasteiger partial charge is 0.454 e. The number of anilines is 1. The summed E-state index contributed by atoms with van der Waals surface area (Å²) < 4.78 is 15.6. The van der Waals surface area contributed by atoms with Crippen LogP contribution in [-0.2, 0) is 9.53 Å². The Balaban J connectivity index is 1.38. The van der Waals surface area contributed by atoms with Crippen LogP contribution >= 0.6 is 0 Å². The van der Waals surface area contributed by atoms with Crippen LogP contribution in [0.4, 0.5) is 5.69 Å². The number of hydrogen-bond acceptors (Lipinski definition) is 6. The Morgan fingerprint density at radius 3 is 2.23 bits per heavy atom. The summed E-state index contributed by atoms with van der Waals surface area (Å²) in [6.07, 6.45) is 0. The maximum absolute atomic E-state index is 12.3. The molecule has 156 valence electrons. The van der Waals surface area contributed by atoms with E-state index in [4.69, 9.17) is 14.2 Å². The van der Waals surface area contributed by atoms with Gasteiger partial charge in [0, 0.05) is 11.6 Å². The maximum Gasteiger partial charge on any atom is 0.338 e. The van der Waals surface area contributed by atoms with E-state index in [0.717, 1.165) is 11.1 Å². The van der Waals surface area contributed by atoms with Crippen molar-refractivity contribution in [1.29, 1.82) is 0 Å². The number of ketones is 1. The van der Waals surface area contributed by atoms with Gasteiger partial charge in [-0.15, -0.1) is 0 Å². The fraction of sp³-hybridized carbons (Fsp3) is 0.125. The van der Waals surface area contributed by atoms with Crippen LogP contribution in [0.3, 0.4) is 0 Å². The first kappa shape index (κ1) is 20.2. The van der Waals surface area contributed by atoms with E-state index in [1.165, 1.54) is 19.1 Å². The van der Waals surface area contributed by atoms with E-state index in [1.54, 1.807) is 12.1 Å². The predicted molar refractivity (Wildman–Crippen MR) is 113 cm³/mol.